The van der Waals surface area contributed by atoms with Crippen LogP contribution in [0.1, 0.15) is 0 Å². The Kier molecular flexibility index (Phi) is 5.46. The summed E-state index contributed by atoms with van der Waals surface area (Å²) in [5.41, 5.74) is 8.33. The van der Waals surface area contributed by atoms with Gasteiger partial charge in [0.25, 0.3) is 0 Å². The monoisotopic (exact) mass is 480 g/mol. The van der Waals surface area contributed by atoms with Gasteiger partial charge in [0.1, 0.15) is 17.0 Å². The van der Waals surface area contributed by atoms with Gasteiger partial charge in [-0.25, -0.2) is 9.37 Å². The second kappa shape index (κ2) is 8.94. The average Bonchev–Trinajstić information content (AvgIpc) is 3.62. The minimum Gasteiger partial charge on any atom is -0.384 e. The van der Waals surface area contributed by atoms with Crippen molar-refractivity contribution in [3.8, 4) is 33.8 Å². The minimum atomic E-state index is -0.276. The topological polar surface area (TPSA) is 101 Å². The first kappa shape index (κ1) is 22.0. The van der Waals surface area contributed by atoms with Gasteiger partial charge < -0.3 is 15.2 Å². The molecule has 9 heteroatoms. The Labute approximate surface area is 206 Å². The van der Waals surface area contributed by atoms with E-state index in [2.05, 4.69) is 41.7 Å². The molecule has 4 N–H and O–H groups in total. The third kappa shape index (κ3) is 4.09. The highest BCUT2D eigenvalue weighted by Gasteiger charge is 2.16. The summed E-state index contributed by atoms with van der Waals surface area (Å²) in [4.78, 5) is 10.4. The number of hydrogen-bond acceptors (Lipinski definition) is 5. The smallest absolute Gasteiger partial charge is 0.135 e. The lowest BCUT2D eigenvalue weighted by molar-refractivity contribution is 0.425. The first-order valence-corrected chi connectivity index (χ1v) is 11.7. The summed E-state index contributed by atoms with van der Waals surface area (Å²) in [6.07, 6.45) is 3.55. The Morgan fingerprint density at radius 3 is 2.75 bits per heavy atom. The molecule has 0 atom stereocenters. The molecule has 36 heavy (non-hydrogen) atoms. The number of nitrogens with one attached hydrogen (secondary N) is 4. The quantitative estimate of drug-likeness (QED) is 0.249. The third-order valence-corrected chi connectivity index (χ3v) is 6.22. The van der Waals surface area contributed by atoms with E-state index in [0.717, 1.165) is 74.5 Å². The highest BCUT2D eigenvalue weighted by molar-refractivity contribution is 6.00. The van der Waals surface area contributed by atoms with Crippen molar-refractivity contribution in [3.05, 3.63) is 72.8 Å². The molecule has 0 aliphatic rings. The lowest BCUT2D eigenvalue weighted by atomic mass is 10.0. The van der Waals surface area contributed by atoms with Crippen molar-refractivity contribution in [3.63, 3.8) is 0 Å². The standard InChI is InChI=1S/C27H25FN8/c1-36(2)9-8-29-19-11-16(10-18(28)12-19)20-4-3-5-23-21(20)13-25(32-23)27-26-24(34-35-27)7-6-22(33-26)17-14-30-31-15-17/h3-7,10-15,29,32H,8-9H2,1-2H3,(H,30,31)(H,34,35). The fourth-order valence-electron chi connectivity index (χ4n) is 4.44. The molecule has 0 aliphatic heterocycles. The van der Waals surface area contributed by atoms with E-state index in [-0.39, 0.29) is 5.82 Å². The molecule has 8 nitrogen and oxygen atoms in total. The van der Waals surface area contributed by atoms with Crippen LogP contribution in [0, 0.1) is 5.82 Å². The molecule has 0 aliphatic carbocycles. The van der Waals surface area contributed by atoms with Gasteiger partial charge in [-0.15, -0.1) is 0 Å². The number of benzene rings is 2. The number of likely N-dealkylation sites (N-methyl/N-ethyl adjacent to an activating group) is 1. The summed E-state index contributed by atoms with van der Waals surface area (Å²) >= 11 is 0. The van der Waals surface area contributed by atoms with Gasteiger partial charge in [0.15, 0.2) is 0 Å². The highest BCUT2D eigenvalue weighted by Crippen LogP contribution is 2.35. The zero-order valence-electron chi connectivity index (χ0n) is 19.9. The number of halogens is 1. The maximum Gasteiger partial charge on any atom is 0.135 e. The van der Waals surface area contributed by atoms with Crippen molar-refractivity contribution in [1.82, 2.24) is 35.3 Å². The molecule has 0 spiro atoms. The fourth-order valence-corrected chi connectivity index (χ4v) is 4.44. The van der Waals surface area contributed by atoms with Gasteiger partial charge in [-0.05, 0) is 67.7 Å². The van der Waals surface area contributed by atoms with Crippen molar-refractivity contribution >= 4 is 27.6 Å². The van der Waals surface area contributed by atoms with E-state index in [1.165, 1.54) is 6.07 Å². The SMILES string of the molecule is CN(C)CCNc1cc(F)cc(-c2cccc3[nH]c(-c4n[nH]c5ccc(-c6cn[nH]c6)nc45)cc23)c1. The number of aromatic nitrogens is 6. The van der Waals surface area contributed by atoms with Gasteiger partial charge in [-0.1, -0.05) is 12.1 Å². The zero-order chi connectivity index (χ0) is 24.6. The third-order valence-electron chi connectivity index (χ3n) is 6.22. The van der Waals surface area contributed by atoms with E-state index in [9.17, 15) is 4.39 Å². The molecular formula is C27H25FN8. The van der Waals surface area contributed by atoms with Gasteiger partial charge in [0.05, 0.1) is 23.1 Å². The molecule has 6 rings (SSSR count). The van der Waals surface area contributed by atoms with Gasteiger partial charge in [-0.2, -0.15) is 10.2 Å². The van der Waals surface area contributed by atoms with Crippen LogP contribution in [-0.4, -0.2) is 62.4 Å². The normalized spacial score (nSPS) is 11.7. The maximum atomic E-state index is 14.6. The summed E-state index contributed by atoms with van der Waals surface area (Å²) in [5, 5.41) is 18.8. The number of H-pyrrole nitrogens is 3. The van der Waals surface area contributed by atoms with Crippen molar-refractivity contribution in [2.24, 2.45) is 0 Å². The molecule has 4 aromatic heterocycles. The Balaban J connectivity index is 1.41. The number of anilines is 1. The van der Waals surface area contributed by atoms with Crippen LogP contribution in [0.25, 0.3) is 55.7 Å². The first-order chi connectivity index (χ1) is 17.5. The highest BCUT2D eigenvalue weighted by atomic mass is 19.1. The Hall–Kier alpha value is -4.50. The number of pyridine rings is 1. The van der Waals surface area contributed by atoms with Crippen LogP contribution in [0.15, 0.2) is 67.0 Å². The van der Waals surface area contributed by atoms with E-state index >= 15 is 0 Å². The molecule has 0 radical (unpaired) electrons. The van der Waals surface area contributed by atoms with Crippen molar-refractivity contribution in [2.75, 3.05) is 32.5 Å². The largest absolute Gasteiger partial charge is 0.384 e. The Bertz CT molecular complexity index is 1660. The molecule has 0 saturated carbocycles. The number of nitrogens with zero attached hydrogens (tertiary/aromatic N) is 4. The molecule has 0 unspecified atom stereocenters. The number of rotatable bonds is 7. The molecular weight excluding hydrogens is 455 g/mol. The van der Waals surface area contributed by atoms with Crippen LogP contribution in [0.2, 0.25) is 0 Å². The number of aromatic amines is 3. The molecule has 0 amide bonds. The van der Waals surface area contributed by atoms with Crippen LogP contribution in [0.4, 0.5) is 10.1 Å². The summed E-state index contributed by atoms with van der Waals surface area (Å²) in [6, 6.07) is 17.0. The van der Waals surface area contributed by atoms with Gasteiger partial charge in [-0.3, -0.25) is 10.2 Å². The lowest BCUT2D eigenvalue weighted by Gasteiger charge is -2.13. The molecule has 0 bridgehead atoms. The van der Waals surface area contributed by atoms with Gasteiger partial charge in [0, 0.05) is 41.4 Å². The first-order valence-electron chi connectivity index (χ1n) is 11.7. The summed E-state index contributed by atoms with van der Waals surface area (Å²) in [7, 11) is 4.03. The molecule has 0 saturated heterocycles. The maximum absolute atomic E-state index is 14.6. The molecule has 180 valence electrons. The predicted molar refractivity (Wildman–Crippen MR) is 141 cm³/mol. The lowest BCUT2D eigenvalue weighted by Crippen LogP contribution is -2.20. The Morgan fingerprint density at radius 1 is 1.00 bits per heavy atom. The average molecular weight is 481 g/mol. The van der Waals surface area contributed by atoms with Gasteiger partial charge >= 0.3 is 0 Å². The van der Waals surface area contributed by atoms with Crippen LogP contribution in [0.5, 0.6) is 0 Å². The summed E-state index contributed by atoms with van der Waals surface area (Å²) in [5.74, 6) is -0.276. The number of fused-ring (bicyclic) bond motifs is 2. The summed E-state index contributed by atoms with van der Waals surface area (Å²) < 4.78 is 14.6. The summed E-state index contributed by atoms with van der Waals surface area (Å²) in [6.45, 7) is 1.59. The second-order valence-electron chi connectivity index (χ2n) is 9.06. The van der Waals surface area contributed by atoms with Crippen molar-refractivity contribution < 1.29 is 4.39 Å². The van der Waals surface area contributed by atoms with Crippen molar-refractivity contribution in [2.45, 2.75) is 0 Å². The van der Waals surface area contributed by atoms with Crippen molar-refractivity contribution in [1.29, 1.82) is 0 Å². The van der Waals surface area contributed by atoms with Crippen LogP contribution >= 0.6 is 0 Å². The molecule has 4 heterocycles. The predicted octanol–water partition coefficient (Wildman–Crippen LogP) is 5.28. The molecule has 6 aromatic rings. The van der Waals surface area contributed by atoms with Crippen LogP contribution in [-0.2, 0) is 0 Å². The van der Waals surface area contributed by atoms with Gasteiger partial charge in [0.2, 0.25) is 0 Å². The Morgan fingerprint density at radius 2 is 1.92 bits per heavy atom. The molecule has 0 fully saturated rings. The number of hydrogen-bond donors (Lipinski definition) is 4. The van der Waals surface area contributed by atoms with E-state index in [4.69, 9.17) is 4.98 Å². The minimum absolute atomic E-state index is 0.276. The van der Waals surface area contributed by atoms with Crippen LogP contribution in [0.3, 0.4) is 0 Å². The second-order valence-corrected chi connectivity index (χ2v) is 9.06. The van der Waals surface area contributed by atoms with E-state index in [0.29, 0.717) is 0 Å². The zero-order valence-corrected chi connectivity index (χ0v) is 19.9. The van der Waals surface area contributed by atoms with Crippen LogP contribution < -0.4 is 5.32 Å². The van der Waals surface area contributed by atoms with E-state index < -0.39 is 0 Å². The fraction of sp³-hybridized carbons (Fsp3) is 0.148. The molecule has 2 aromatic carbocycles. The van der Waals surface area contributed by atoms with E-state index in [1.54, 1.807) is 12.3 Å². The van der Waals surface area contributed by atoms with E-state index in [1.807, 2.05) is 56.7 Å².